The minimum Gasteiger partial charge on any atom is -0.324 e. The molecule has 1 saturated heterocycles. The lowest BCUT2D eigenvalue weighted by Gasteiger charge is -2.20. The number of rotatable bonds is 7. The van der Waals surface area contributed by atoms with Gasteiger partial charge in [0.25, 0.3) is 5.91 Å². The van der Waals surface area contributed by atoms with Crippen LogP contribution >= 0.6 is 0 Å². The molecule has 1 saturated carbocycles. The van der Waals surface area contributed by atoms with E-state index in [1.54, 1.807) is 42.3 Å². The van der Waals surface area contributed by atoms with Crippen LogP contribution in [0.4, 0.5) is 11.4 Å². The summed E-state index contributed by atoms with van der Waals surface area (Å²) < 4.78 is 3.62. The number of carbonyl (C=O) groups excluding carboxylic acids is 2. The lowest BCUT2D eigenvalue weighted by Crippen LogP contribution is -2.35. The molecule has 0 aromatic carbocycles. The number of hydrogen-bond acceptors (Lipinski definition) is 7. The smallest absolute Gasteiger partial charge is 0.259 e. The lowest BCUT2D eigenvalue weighted by atomic mass is 10.2. The summed E-state index contributed by atoms with van der Waals surface area (Å²) in [6.07, 6.45) is 14.9. The zero-order chi connectivity index (χ0) is 25.5. The molecule has 1 aliphatic carbocycles. The summed E-state index contributed by atoms with van der Waals surface area (Å²) in [6, 6.07) is 2.63. The third-order valence-electron chi connectivity index (χ3n) is 7.12. The van der Waals surface area contributed by atoms with Crippen molar-refractivity contribution in [2.75, 3.05) is 23.7 Å². The average molecular weight is 500 g/mol. The van der Waals surface area contributed by atoms with Crippen molar-refractivity contribution in [3.63, 3.8) is 0 Å². The Hall–Kier alpha value is -4.12. The van der Waals surface area contributed by atoms with Crippen LogP contribution in [-0.4, -0.2) is 65.2 Å². The normalized spacial score (nSPS) is 17.8. The molecule has 0 radical (unpaired) electrons. The number of amides is 2. The van der Waals surface area contributed by atoms with Gasteiger partial charge < -0.3 is 10.6 Å². The van der Waals surface area contributed by atoms with E-state index in [0.717, 1.165) is 43.5 Å². The van der Waals surface area contributed by atoms with Gasteiger partial charge in [0.1, 0.15) is 0 Å². The van der Waals surface area contributed by atoms with E-state index < -0.39 is 0 Å². The van der Waals surface area contributed by atoms with E-state index in [1.165, 1.54) is 6.20 Å². The molecular formula is C26H29N9O2. The Morgan fingerprint density at radius 1 is 1.03 bits per heavy atom. The van der Waals surface area contributed by atoms with Crippen molar-refractivity contribution in [1.29, 1.82) is 0 Å². The highest BCUT2D eigenvalue weighted by Crippen LogP contribution is 2.35. The van der Waals surface area contributed by atoms with Crippen molar-refractivity contribution in [1.82, 2.24) is 34.3 Å². The molecule has 11 nitrogen and oxygen atoms in total. The monoisotopic (exact) mass is 499 g/mol. The number of nitrogens with zero attached hydrogens (tertiary/aromatic N) is 7. The molecule has 2 aliphatic rings. The SMILES string of the molecule is Cc1ncc(NC(=O)CN2CCC[C@@H]2C)cc1NC(=O)c1cnn2cc(-c3cnn(C4CC4)c3)ncc12. The first-order valence-corrected chi connectivity index (χ1v) is 12.6. The third-order valence-corrected chi connectivity index (χ3v) is 7.12. The number of anilines is 2. The van der Waals surface area contributed by atoms with E-state index in [-0.39, 0.29) is 11.8 Å². The van der Waals surface area contributed by atoms with Gasteiger partial charge in [-0.05, 0) is 52.1 Å². The molecule has 4 aromatic heterocycles. The van der Waals surface area contributed by atoms with Gasteiger partial charge in [0, 0.05) is 17.8 Å². The number of pyridine rings is 1. The van der Waals surface area contributed by atoms with E-state index in [9.17, 15) is 9.59 Å². The van der Waals surface area contributed by atoms with Crippen LogP contribution in [0.1, 0.15) is 54.7 Å². The summed E-state index contributed by atoms with van der Waals surface area (Å²) >= 11 is 0. The quantitative estimate of drug-likeness (QED) is 0.400. The molecule has 0 bridgehead atoms. The summed E-state index contributed by atoms with van der Waals surface area (Å²) in [5.74, 6) is -0.422. The molecule has 11 heteroatoms. The maximum absolute atomic E-state index is 13.2. The van der Waals surface area contributed by atoms with Gasteiger partial charge in [0.05, 0.1) is 77.4 Å². The minimum atomic E-state index is -0.328. The number of aromatic nitrogens is 6. The highest BCUT2D eigenvalue weighted by atomic mass is 16.2. The Labute approximate surface area is 213 Å². The topological polar surface area (TPSA) is 122 Å². The van der Waals surface area contributed by atoms with Crippen LogP contribution in [0.15, 0.2) is 43.2 Å². The van der Waals surface area contributed by atoms with E-state index in [2.05, 4.69) is 42.6 Å². The molecule has 2 amide bonds. The van der Waals surface area contributed by atoms with Gasteiger partial charge in [0.2, 0.25) is 5.91 Å². The second-order valence-electron chi connectivity index (χ2n) is 9.92. The van der Waals surface area contributed by atoms with Crippen LogP contribution < -0.4 is 10.6 Å². The molecule has 190 valence electrons. The number of hydrogen-bond donors (Lipinski definition) is 2. The second kappa shape index (κ2) is 9.40. The zero-order valence-corrected chi connectivity index (χ0v) is 20.9. The van der Waals surface area contributed by atoms with Crippen LogP contribution in [0, 0.1) is 6.92 Å². The van der Waals surface area contributed by atoms with E-state index in [4.69, 9.17) is 0 Å². The van der Waals surface area contributed by atoms with E-state index in [0.29, 0.717) is 46.8 Å². The van der Waals surface area contributed by atoms with Gasteiger partial charge in [-0.3, -0.25) is 29.1 Å². The number of likely N-dealkylation sites (tertiary alicyclic amines) is 1. The maximum atomic E-state index is 13.2. The number of fused-ring (bicyclic) bond motifs is 1. The van der Waals surface area contributed by atoms with Gasteiger partial charge in [-0.25, -0.2) is 4.52 Å². The Bertz CT molecular complexity index is 1490. The average Bonchev–Trinajstić information content (AvgIpc) is 3.26. The highest BCUT2D eigenvalue weighted by Gasteiger charge is 2.25. The maximum Gasteiger partial charge on any atom is 0.259 e. The molecule has 2 fully saturated rings. The molecule has 6 rings (SSSR count). The highest BCUT2D eigenvalue weighted by molar-refractivity contribution is 6.09. The zero-order valence-electron chi connectivity index (χ0n) is 20.9. The van der Waals surface area contributed by atoms with Crippen molar-refractivity contribution in [3.8, 4) is 11.3 Å². The summed E-state index contributed by atoms with van der Waals surface area (Å²) in [5.41, 5.74) is 4.33. The van der Waals surface area contributed by atoms with Gasteiger partial charge in [-0.15, -0.1) is 0 Å². The fourth-order valence-electron chi connectivity index (χ4n) is 4.75. The van der Waals surface area contributed by atoms with E-state index in [1.807, 2.05) is 10.9 Å². The fraction of sp³-hybridized carbons (Fsp3) is 0.385. The number of nitrogens with one attached hydrogen (secondary N) is 2. The van der Waals surface area contributed by atoms with Crippen molar-refractivity contribution in [2.45, 2.75) is 51.6 Å². The van der Waals surface area contributed by atoms with Gasteiger partial charge in [-0.1, -0.05) is 0 Å². The Balaban J connectivity index is 1.16. The predicted molar refractivity (Wildman–Crippen MR) is 138 cm³/mol. The van der Waals surface area contributed by atoms with Gasteiger partial charge in [-0.2, -0.15) is 10.2 Å². The van der Waals surface area contributed by atoms with Crippen LogP contribution in [0.5, 0.6) is 0 Å². The molecule has 5 heterocycles. The van der Waals surface area contributed by atoms with Crippen molar-refractivity contribution in [2.24, 2.45) is 0 Å². The molecule has 0 unspecified atom stereocenters. The fourth-order valence-corrected chi connectivity index (χ4v) is 4.75. The summed E-state index contributed by atoms with van der Waals surface area (Å²) in [4.78, 5) is 36.8. The number of carbonyl (C=O) groups is 2. The molecule has 37 heavy (non-hydrogen) atoms. The van der Waals surface area contributed by atoms with Gasteiger partial charge >= 0.3 is 0 Å². The Morgan fingerprint density at radius 3 is 2.68 bits per heavy atom. The summed E-state index contributed by atoms with van der Waals surface area (Å²) in [7, 11) is 0. The third kappa shape index (κ3) is 4.82. The van der Waals surface area contributed by atoms with Gasteiger partial charge in [0.15, 0.2) is 0 Å². The summed E-state index contributed by atoms with van der Waals surface area (Å²) in [5, 5.41) is 14.6. The van der Waals surface area contributed by atoms with Crippen LogP contribution in [0.3, 0.4) is 0 Å². The first kappa shape index (κ1) is 23.3. The lowest BCUT2D eigenvalue weighted by molar-refractivity contribution is -0.117. The van der Waals surface area contributed by atoms with Crippen LogP contribution in [-0.2, 0) is 4.79 Å². The van der Waals surface area contributed by atoms with E-state index >= 15 is 0 Å². The predicted octanol–water partition coefficient (Wildman–Crippen LogP) is 3.31. The standard InChI is InChI=1S/C26H29N9O2/c1-16-4-3-7-33(16)15-25(36)31-19-8-22(17(2)27-10-19)32-26(37)21-11-30-35-14-23(28-12-24(21)35)18-9-29-34(13-18)20-5-6-20/h8-14,16,20H,3-7,15H2,1-2H3,(H,31,36)(H,32,37)/t16-/m0/s1. The van der Waals surface area contributed by atoms with Crippen LogP contribution in [0.25, 0.3) is 16.8 Å². The Morgan fingerprint density at radius 2 is 1.89 bits per heavy atom. The van der Waals surface area contributed by atoms with Crippen molar-refractivity contribution < 1.29 is 9.59 Å². The molecular weight excluding hydrogens is 470 g/mol. The largest absolute Gasteiger partial charge is 0.324 e. The van der Waals surface area contributed by atoms with Crippen LogP contribution in [0.2, 0.25) is 0 Å². The molecule has 4 aromatic rings. The minimum absolute atomic E-state index is 0.0936. The number of aryl methyl sites for hydroxylation is 1. The molecule has 1 aliphatic heterocycles. The van der Waals surface area contributed by atoms with Crippen molar-refractivity contribution in [3.05, 3.63) is 54.5 Å². The first-order chi connectivity index (χ1) is 17.9. The molecule has 2 N–H and O–H groups in total. The van der Waals surface area contributed by atoms with Crippen molar-refractivity contribution >= 4 is 28.7 Å². The molecule has 0 spiro atoms. The summed E-state index contributed by atoms with van der Waals surface area (Å²) in [6.45, 7) is 5.22. The Kier molecular flexibility index (Phi) is 5.91. The first-order valence-electron chi connectivity index (χ1n) is 12.6. The second-order valence-corrected chi connectivity index (χ2v) is 9.92. The molecule has 1 atom stereocenters.